The summed E-state index contributed by atoms with van der Waals surface area (Å²) in [4.78, 5) is 31.7. The molecular weight excluding hydrogens is 428 g/mol. The highest BCUT2D eigenvalue weighted by molar-refractivity contribution is 5.81. The molecule has 7 heteroatoms. The molecule has 1 N–H and O–H groups in total. The molecule has 1 aliphatic heterocycles. The maximum Gasteiger partial charge on any atom is 0.257 e. The molecule has 0 unspecified atom stereocenters. The largest absolute Gasteiger partial charge is 0.484 e. The predicted octanol–water partition coefficient (Wildman–Crippen LogP) is 3.96. The molecule has 1 aromatic heterocycles. The number of rotatable bonds is 11. The third kappa shape index (κ3) is 6.59. The Morgan fingerprint density at radius 2 is 1.68 bits per heavy atom. The van der Waals surface area contributed by atoms with Crippen LogP contribution in [0.15, 0.2) is 54.6 Å². The van der Waals surface area contributed by atoms with E-state index in [0.717, 1.165) is 68.5 Å². The minimum Gasteiger partial charge on any atom is -0.484 e. The third-order valence-electron chi connectivity index (χ3n) is 6.25. The first kappa shape index (κ1) is 23.8. The van der Waals surface area contributed by atoms with Gasteiger partial charge in [0.25, 0.3) is 5.91 Å². The van der Waals surface area contributed by atoms with Crippen LogP contribution in [0.1, 0.15) is 44.3 Å². The molecule has 4 rings (SSSR count). The topological polar surface area (TPSA) is 76.5 Å². The van der Waals surface area contributed by atoms with E-state index in [1.165, 1.54) is 6.42 Å². The number of nitrogens with zero attached hydrogens (tertiary/aromatic N) is 3. The zero-order chi connectivity index (χ0) is 23.6. The number of carbonyl (C=O) groups is 2. The van der Waals surface area contributed by atoms with Crippen LogP contribution in [0.4, 0.5) is 0 Å². The number of aromatic nitrogens is 2. The van der Waals surface area contributed by atoms with Crippen LogP contribution >= 0.6 is 0 Å². The summed E-state index contributed by atoms with van der Waals surface area (Å²) in [6.45, 7) is 2.74. The van der Waals surface area contributed by atoms with Crippen LogP contribution in [-0.4, -0.2) is 52.5 Å². The SMILES string of the molecule is O=C(COc1ccccc1)NCCCCCc1nc2ccccc2n1CC(=O)N1CCCCC1. The number of benzene rings is 2. The summed E-state index contributed by atoms with van der Waals surface area (Å²) in [5, 5.41) is 2.91. The number of hydrogen-bond acceptors (Lipinski definition) is 4. The van der Waals surface area contributed by atoms with Crippen molar-refractivity contribution in [1.82, 2.24) is 19.8 Å². The quantitative estimate of drug-likeness (QED) is 0.438. The summed E-state index contributed by atoms with van der Waals surface area (Å²) in [5.74, 6) is 1.73. The number of amides is 2. The van der Waals surface area contributed by atoms with E-state index in [2.05, 4.69) is 9.88 Å². The molecule has 1 saturated heterocycles. The van der Waals surface area contributed by atoms with Crippen LogP contribution in [0.2, 0.25) is 0 Å². The molecule has 2 heterocycles. The number of nitrogens with one attached hydrogen (secondary N) is 1. The lowest BCUT2D eigenvalue weighted by Crippen LogP contribution is -2.38. The van der Waals surface area contributed by atoms with Crippen LogP contribution < -0.4 is 10.1 Å². The van der Waals surface area contributed by atoms with Crippen molar-refractivity contribution in [3.05, 3.63) is 60.4 Å². The van der Waals surface area contributed by atoms with E-state index in [4.69, 9.17) is 9.72 Å². The number of fused-ring (bicyclic) bond motifs is 1. The van der Waals surface area contributed by atoms with Crippen molar-refractivity contribution in [1.29, 1.82) is 0 Å². The number of imidazole rings is 1. The second-order valence-corrected chi connectivity index (χ2v) is 8.81. The van der Waals surface area contributed by atoms with Crippen LogP contribution in [0, 0.1) is 0 Å². The summed E-state index contributed by atoms with van der Waals surface area (Å²) in [7, 11) is 0. The van der Waals surface area contributed by atoms with Gasteiger partial charge in [0.05, 0.1) is 11.0 Å². The monoisotopic (exact) mass is 462 g/mol. The Morgan fingerprint density at radius 1 is 0.912 bits per heavy atom. The number of carbonyl (C=O) groups excluding carboxylic acids is 2. The molecule has 180 valence electrons. The lowest BCUT2D eigenvalue weighted by molar-refractivity contribution is -0.132. The second-order valence-electron chi connectivity index (χ2n) is 8.81. The summed E-state index contributed by atoms with van der Waals surface area (Å²) >= 11 is 0. The van der Waals surface area contributed by atoms with E-state index in [-0.39, 0.29) is 18.4 Å². The molecule has 0 saturated carbocycles. The lowest BCUT2D eigenvalue weighted by Gasteiger charge is -2.27. The molecule has 2 amide bonds. The number of hydrogen-bond donors (Lipinski definition) is 1. The van der Waals surface area contributed by atoms with Crippen LogP contribution in [-0.2, 0) is 22.6 Å². The molecule has 0 radical (unpaired) electrons. The predicted molar refractivity (Wildman–Crippen MR) is 133 cm³/mol. The highest BCUT2D eigenvalue weighted by atomic mass is 16.5. The van der Waals surface area contributed by atoms with Crippen LogP contribution in [0.5, 0.6) is 5.75 Å². The maximum absolute atomic E-state index is 12.9. The average Bonchev–Trinajstić information content (AvgIpc) is 3.23. The number of aryl methyl sites for hydroxylation is 1. The molecular formula is C27H34N4O3. The molecule has 0 atom stereocenters. The van der Waals surface area contributed by atoms with Crippen LogP contribution in [0.25, 0.3) is 11.0 Å². The van der Waals surface area contributed by atoms with E-state index < -0.39 is 0 Å². The molecule has 3 aromatic rings. The van der Waals surface area contributed by atoms with Gasteiger partial charge in [-0.3, -0.25) is 9.59 Å². The van der Waals surface area contributed by atoms with Gasteiger partial charge in [-0.1, -0.05) is 36.8 Å². The van der Waals surface area contributed by atoms with Crippen molar-refractivity contribution in [3.63, 3.8) is 0 Å². The van der Waals surface area contributed by atoms with Gasteiger partial charge < -0.3 is 19.5 Å². The lowest BCUT2D eigenvalue weighted by atomic mass is 10.1. The van der Waals surface area contributed by atoms with Gasteiger partial charge in [-0.2, -0.15) is 0 Å². The Bertz CT molecular complexity index is 1070. The fourth-order valence-corrected chi connectivity index (χ4v) is 4.40. The first-order valence-electron chi connectivity index (χ1n) is 12.4. The van der Waals surface area contributed by atoms with E-state index in [9.17, 15) is 9.59 Å². The fourth-order valence-electron chi connectivity index (χ4n) is 4.40. The maximum atomic E-state index is 12.9. The molecule has 0 aliphatic carbocycles. The summed E-state index contributed by atoms with van der Waals surface area (Å²) in [6.07, 6.45) is 7.04. The van der Waals surface area contributed by atoms with Gasteiger partial charge in [-0.05, 0) is 56.4 Å². The zero-order valence-electron chi connectivity index (χ0n) is 19.7. The molecule has 1 aliphatic rings. The first-order valence-corrected chi connectivity index (χ1v) is 12.4. The van der Waals surface area contributed by atoms with Crippen molar-refractivity contribution < 1.29 is 14.3 Å². The Balaban J connectivity index is 1.22. The molecule has 2 aromatic carbocycles. The van der Waals surface area contributed by atoms with Crippen molar-refractivity contribution in [2.24, 2.45) is 0 Å². The fraction of sp³-hybridized carbons (Fsp3) is 0.444. The summed E-state index contributed by atoms with van der Waals surface area (Å²) < 4.78 is 7.56. The first-order chi connectivity index (χ1) is 16.7. The number of piperidine rings is 1. The Morgan fingerprint density at radius 3 is 2.50 bits per heavy atom. The van der Waals surface area contributed by atoms with E-state index in [1.54, 1.807) is 0 Å². The highest BCUT2D eigenvalue weighted by Gasteiger charge is 2.19. The van der Waals surface area contributed by atoms with Crippen molar-refractivity contribution in [2.75, 3.05) is 26.2 Å². The van der Waals surface area contributed by atoms with Gasteiger partial charge in [-0.15, -0.1) is 0 Å². The minimum absolute atomic E-state index is 0.0269. The van der Waals surface area contributed by atoms with Crippen molar-refractivity contribution in [3.8, 4) is 5.75 Å². The van der Waals surface area contributed by atoms with E-state index in [0.29, 0.717) is 18.8 Å². The zero-order valence-corrected chi connectivity index (χ0v) is 19.7. The van der Waals surface area contributed by atoms with Crippen molar-refractivity contribution >= 4 is 22.8 Å². The average molecular weight is 463 g/mol. The van der Waals surface area contributed by atoms with Gasteiger partial charge in [0.15, 0.2) is 6.61 Å². The Kier molecular flexibility index (Phi) is 8.54. The Labute approximate surface area is 201 Å². The summed E-state index contributed by atoms with van der Waals surface area (Å²) in [5.41, 5.74) is 1.96. The molecule has 0 bridgehead atoms. The molecule has 1 fully saturated rings. The van der Waals surface area contributed by atoms with Crippen LogP contribution in [0.3, 0.4) is 0 Å². The van der Waals surface area contributed by atoms with Gasteiger partial charge >= 0.3 is 0 Å². The Hall–Kier alpha value is -3.35. The van der Waals surface area contributed by atoms with E-state index in [1.807, 2.05) is 59.5 Å². The standard InChI is InChI=1S/C27H34N4O3/c32-26(21-34-22-12-4-1-5-13-22)28-17-9-2-6-16-25-29-23-14-7-8-15-24(23)31(25)20-27(33)30-18-10-3-11-19-30/h1,4-5,7-8,12-15H,2-3,6,9-11,16-21H2,(H,28,32). The number of para-hydroxylation sites is 3. The normalized spacial score (nSPS) is 13.7. The smallest absolute Gasteiger partial charge is 0.257 e. The van der Waals surface area contributed by atoms with E-state index >= 15 is 0 Å². The van der Waals surface area contributed by atoms with Gasteiger partial charge in [0.2, 0.25) is 5.91 Å². The summed E-state index contributed by atoms with van der Waals surface area (Å²) in [6, 6.07) is 17.4. The minimum atomic E-state index is -0.109. The number of ether oxygens (including phenoxy) is 1. The highest BCUT2D eigenvalue weighted by Crippen LogP contribution is 2.19. The van der Waals surface area contributed by atoms with Gasteiger partial charge in [0.1, 0.15) is 18.1 Å². The molecule has 0 spiro atoms. The number of likely N-dealkylation sites (tertiary alicyclic amines) is 1. The third-order valence-corrected chi connectivity index (χ3v) is 6.25. The van der Waals surface area contributed by atoms with Gasteiger partial charge in [0, 0.05) is 26.1 Å². The molecule has 34 heavy (non-hydrogen) atoms. The second kappa shape index (κ2) is 12.2. The number of unbranched alkanes of at least 4 members (excludes halogenated alkanes) is 2. The molecule has 7 nitrogen and oxygen atoms in total. The van der Waals surface area contributed by atoms with Crippen molar-refractivity contribution in [2.45, 2.75) is 51.5 Å². The van der Waals surface area contributed by atoms with Gasteiger partial charge in [-0.25, -0.2) is 4.98 Å².